The standard InChI is InChI=1S/C68H52N4/c1-5-23-55(24-6-1)69(61-43-47-63(48-44-61)71(57-27-9-3-10-28-57)67-33-17-21-53-19-13-15-31-65(53)67)59-39-35-51(36-40-59)52-37-41-60(42-38-52)70(56-25-7-2-8-26-56)62-45-49-64(50-46-62)72(58-29-11-4-12-30-58)68-34-18-22-54-20-14-16-32-66(54)68/h1-3,5-11,13-50H,4,12H2. The van der Waals surface area contributed by atoms with Crippen LogP contribution in [0.4, 0.5) is 62.6 Å². The van der Waals surface area contributed by atoms with E-state index in [0.717, 1.165) is 80.8 Å². The van der Waals surface area contributed by atoms with Gasteiger partial charge in [-0.3, -0.25) is 0 Å². The highest BCUT2D eigenvalue weighted by atomic mass is 15.2. The molecule has 0 aliphatic heterocycles. The lowest BCUT2D eigenvalue weighted by molar-refractivity contribution is 0.998. The highest BCUT2D eigenvalue weighted by Crippen LogP contribution is 2.44. The fourth-order valence-corrected chi connectivity index (χ4v) is 10.2. The first-order valence-corrected chi connectivity index (χ1v) is 24.8. The van der Waals surface area contributed by atoms with Crippen molar-refractivity contribution in [2.24, 2.45) is 0 Å². The van der Waals surface area contributed by atoms with Gasteiger partial charge in [-0.15, -0.1) is 0 Å². The molecule has 0 atom stereocenters. The highest BCUT2D eigenvalue weighted by Gasteiger charge is 2.21. The molecule has 0 N–H and O–H groups in total. The second-order valence-corrected chi connectivity index (χ2v) is 18.1. The quantitative estimate of drug-likeness (QED) is 0.114. The van der Waals surface area contributed by atoms with E-state index in [1.54, 1.807) is 0 Å². The minimum Gasteiger partial charge on any atom is -0.311 e. The Bertz CT molecular complexity index is 3650. The van der Waals surface area contributed by atoms with Gasteiger partial charge in [-0.1, -0.05) is 164 Å². The number of anilines is 11. The summed E-state index contributed by atoms with van der Waals surface area (Å²) in [5.74, 6) is 0. The van der Waals surface area contributed by atoms with Crippen LogP contribution in [0.2, 0.25) is 0 Å². The van der Waals surface area contributed by atoms with Crippen LogP contribution in [-0.4, -0.2) is 0 Å². The number of nitrogens with zero attached hydrogens (tertiary/aromatic N) is 4. The molecule has 0 saturated carbocycles. The molecule has 11 aromatic rings. The molecule has 344 valence electrons. The minimum atomic E-state index is 1.02. The highest BCUT2D eigenvalue weighted by molar-refractivity contribution is 6.00. The molecule has 11 aromatic carbocycles. The van der Waals surface area contributed by atoms with Crippen LogP contribution >= 0.6 is 0 Å². The predicted molar refractivity (Wildman–Crippen MR) is 306 cm³/mol. The Morgan fingerprint density at radius 1 is 0.236 bits per heavy atom. The van der Waals surface area contributed by atoms with Gasteiger partial charge in [0.1, 0.15) is 0 Å². The maximum absolute atomic E-state index is 2.40. The lowest BCUT2D eigenvalue weighted by atomic mass is 10.0. The van der Waals surface area contributed by atoms with E-state index in [2.05, 4.69) is 311 Å². The van der Waals surface area contributed by atoms with Gasteiger partial charge in [-0.05, 0) is 162 Å². The molecule has 0 saturated heterocycles. The number of para-hydroxylation sites is 3. The van der Waals surface area contributed by atoms with Crippen molar-refractivity contribution in [2.45, 2.75) is 12.8 Å². The van der Waals surface area contributed by atoms with Gasteiger partial charge in [0.25, 0.3) is 0 Å². The first-order valence-electron chi connectivity index (χ1n) is 24.8. The van der Waals surface area contributed by atoms with Crippen molar-refractivity contribution in [2.75, 3.05) is 19.6 Å². The van der Waals surface area contributed by atoms with E-state index in [9.17, 15) is 0 Å². The number of hydrogen-bond acceptors (Lipinski definition) is 4. The van der Waals surface area contributed by atoms with Crippen LogP contribution in [0.1, 0.15) is 12.8 Å². The molecule has 0 fully saturated rings. The minimum absolute atomic E-state index is 1.02. The smallest absolute Gasteiger partial charge is 0.0540 e. The molecule has 0 amide bonds. The summed E-state index contributed by atoms with van der Waals surface area (Å²) in [6.45, 7) is 0. The molecule has 1 aliphatic carbocycles. The summed E-state index contributed by atoms with van der Waals surface area (Å²) >= 11 is 0. The average Bonchev–Trinajstić information content (AvgIpc) is 3.46. The van der Waals surface area contributed by atoms with E-state index in [1.165, 1.54) is 32.9 Å². The summed E-state index contributed by atoms with van der Waals surface area (Å²) in [7, 11) is 0. The molecular formula is C68H52N4. The average molecular weight is 925 g/mol. The van der Waals surface area contributed by atoms with Crippen molar-refractivity contribution < 1.29 is 0 Å². The molecule has 4 heteroatoms. The van der Waals surface area contributed by atoms with Gasteiger partial charge >= 0.3 is 0 Å². The lowest BCUT2D eigenvalue weighted by Crippen LogP contribution is -2.17. The zero-order chi connectivity index (χ0) is 48.1. The van der Waals surface area contributed by atoms with Gasteiger partial charge in [0.05, 0.1) is 11.4 Å². The van der Waals surface area contributed by atoms with Gasteiger partial charge in [0.2, 0.25) is 0 Å². The fraction of sp³-hybridized carbons (Fsp3) is 0.0294. The topological polar surface area (TPSA) is 13.0 Å². The van der Waals surface area contributed by atoms with Gasteiger partial charge in [-0.2, -0.15) is 0 Å². The van der Waals surface area contributed by atoms with Crippen molar-refractivity contribution >= 4 is 84.1 Å². The third-order valence-corrected chi connectivity index (χ3v) is 13.6. The molecule has 12 rings (SSSR count). The summed E-state index contributed by atoms with van der Waals surface area (Å²) in [5, 5.41) is 4.88. The van der Waals surface area contributed by atoms with E-state index in [1.807, 2.05) is 0 Å². The van der Waals surface area contributed by atoms with Crippen LogP contribution < -0.4 is 19.6 Å². The molecule has 0 aromatic heterocycles. The van der Waals surface area contributed by atoms with Crippen LogP contribution in [0.25, 0.3) is 32.7 Å². The normalized spacial score (nSPS) is 12.1. The van der Waals surface area contributed by atoms with Gasteiger partial charge in [-0.25, -0.2) is 0 Å². The molecular weight excluding hydrogens is 873 g/mol. The third kappa shape index (κ3) is 8.78. The van der Waals surface area contributed by atoms with Crippen LogP contribution in [0.5, 0.6) is 0 Å². The summed E-state index contributed by atoms with van der Waals surface area (Å²) < 4.78 is 0. The second kappa shape index (κ2) is 19.9. The number of benzene rings is 11. The maximum atomic E-state index is 2.40. The summed E-state index contributed by atoms with van der Waals surface area (Å²) in [6.07, 6.45) is 8.98. The second-order valence-electron chi connectivity index (χ2n) is 18.1. The fourth-order valence-electron chi connectivity index (χ4n) is 10.2. The van der Waals surface area contributed by atoms with Crippen LogP contribution in [0, 0.1) is 0 Å². The molecule has 0 bridgehead atoms. The molecule has 0 heterocycles. The van der Waals surface area contributed by atoms with Crippen molar-refractivity contribution in [1.82, 2.24) is 0 Å². The third-order valence-electron chi connectivity index (χ3n) is 13.6. The zero-order valence-electron chi connectivity index (χ0n) is 39.9. The summed E-state index contributed by atoms with van der Waals surface area (Å²) in [4.78, 5) is 9.42. The van der Waals surface area contributed by atoms with E-state index in [0.29, 0.717) is 0 Å². The Labute approximate surface area is 422 Å². The molecule has 0 spiro atoms. The number of fused-ring (bicyclic) bond motifs is 2. The molecule has 0 unspecified atom stereocenters. The van der Waals surface area contributed by atoms with Crippen molar-refractivity contribution in [3.63, 3.8) is 0 Å². The van der Waals surface area contributed by atoms with Crippen LogP contribution in [0.15, 0.2) is 297 Å². The monoisotopic (exact) mass is 924 g/mol. The first-order chi connectivity index (χ1) is 35.7. The van der Waals surface area contributed by atoms with Crippen molar-refractivity contribution in [3.8, 4) is 11.1 Å². The van der Waals surface area contributed by atoms with Gasteiger partial charge in [0, 0.05) is 67.7 Å². The number of hydrogen-bond donors (Lipinski definition) is 0. The maximum Gasteiger partial charge on any atom is 0.0540 e. The van der Waals surface area contributed by atoms with E-state index >= 15 is 0 Å². The Morgan fingerprint density at radius 2 is 0.556 bits per heavy atom. The predicted octanol–water partition coefficient (Wildman–Crippen LogP) is 19.4. The molecule has 1 aliphatic rings. The van der Waals surface area contributed by atoms with E-state index in [-0.39, 0.29) is 0 Å². The first kappa shape index (κ1) is 43.9. The molecule has 72 heavy (non-hydrogen) atoms. The Morgan fingerprint density at radius 3 is 0.972 bits per heavy atom. The Kier molecular flexibility index (Phi) is 12.1. The SMILES string of the molecule is C1=CC(N(c2ccc(N(c3ccccc3)c3ccc(-c4ccc(N(c5ccccc5)c5ccc(N(c6ccccc6)c6cccc7ccccc67)cc5)cc4)cc3)cc2)c2cccc3ccccc23)=CCC1. The molecule has 0 radical (unpaired) electrons. The number of allylic oxidation sites excluding steroid dienone is 3. The molecule has 4 nitrogen and oxygen atoms in total. The van der Waals surface area contributed by atoms with Crippen LogP contribution in [0.3, 0.4) is 0 Å². The van der Waals surface area contributed by atoms with Gasteiger partial charge < -0.3 is 19.6 Å². The van der Waals surface area contributed by atoms with Crippen molar-refractivity contribution in [1.29, 1.82) is 0 Å². The Hall–Kier alpha value is -9.38. The Balaban J connectivity index is 0.840. The number of rotatable bonds is 13. The largest absolute Gasteiger partial charge is 0.311 e. The van der Waals surface area contributed by atoms with E-state index in [4.69, 9.17) is 0 Å². The summed E-state index contributed by atoms with van der Waals surface area (Å²) in [5.41, 5.74) is 15.6. The van der Waals surface area contributed by atoms with E-state index < -0.39 is 0 Å². The van der Waals surface area contributed by atoms with Gasteiger partial charge in [0.15, 0.2) is 0 Å². The van der Waals surface area contributed by atoms with Crippen LogP contribution in [-0.2, 0) is 0 Å². The lowest BCUT2D eigenvalue weighted by Gasteiger charge is -2.30. The van der Waals surface area contributed by atoms with Crippen molar-refractivity contribution in [3.05, 3.63) is 297 Å². The zero-order valence-corrected chi connectivity index (χ0v) is 39.9. The summed E-state index contributed by atoms with van der Waals surface area (Å²) in [6, 6.07) is 98.1.